The van der Waals surface area contributed by atoms with Gasteiger partial charge >= 0.3 is 0 Å². The van der Waals surface area contributed by atoms with Crippen molar-refractivity contribution in [2.45, 2.75) is 32.7 Å². The molecule has 2 rings (SSSR count). The minimum Gasteiger partial charge on any atom is -0.328 e. The van der Waals surface area contributed by atoms with Gasteiger partial charge in [-0.3, -0.25) is 0 Å². The smallest absolute Gasteiger partial charge is 0.133 e. The van der Waals surface area contributed by atoms with Crippen molar-refractivity contribution in [3.05, 3.63) is 28.1 Å². The minimum atomic E-state index is 0.258. The van der Waals surface area contributed by atoms with Crippen LogP contribution in [0.25, 0.3) is 9.88 Å². The van der Waals surface area contributed by atoms with Crippen molar-refractivity contribution >= 4 is 22.7 Å². The highest BCUT2D eigenvalue weighted by atomic mass is 32.1. The van der Waals surface area contributed by atoms with E-state index in [9.17, 15) is 0 Å². The van der Waals surface area contributed by atoms with Crippen LogP contribution in [0.5, 0.6) is 0 Å². The first kappa shape index (κ1) is 11.8. The van der Waals surface area contributed by atoms with E-state index in [0.717, 1.165) is 17.8 Å². The molecule has 2 heterocycles. The minimum absolute atomic E-state index is 0.258. The van der Waals surface area contributed by atoms with Crippen molar-refractivity contribution in [2.24, 2.45) is 5.73 Å². The highest BCUT2D eigenvalue weighted by Gasteiger charge is 2.08. The lowest BCUT2D eigenvalue weighted by Crippen LogP contribution is -2.15. The maximum Gasteiger partial charge on any atom is 0.133 e. The zero-order valence-corrected chi connectivity index (χ0v) is 11.2. The van der Waals surface area contributed by atoms with Gasteiger partial charge in [0.05, 0.1) is 10.6 Å². The molecule has 0 aliphatic rings. The Morgan fingerprint density at radius 3 is 2.88 bits per heavy atom. The molecule has 2 aromatic heterocycles. The van der Waals surface area contributed by atoms with Gasteiger partial charge in [-0.1, -0.05) is 0 Å². The molecule has 0 radical (unpaired) electrons. The summed E-state index contributed by atoms with van der Waals surface area (Å²) < 4.78 is 0. The number of thiophene rings is 1. The van der Waals surface area contributed by atoms with Gasteiger partial charge in [0.25, 0.3) is 0 Å². The van der Waals surface area contributed by atoms with Crippen LogP contribution in [-0.4, -0.2) is 11.0 Å². The van der Waals surface area contributed by atoms with Crippen molar-refractivity contribution in [1.29, 1.82) is 0 Å². The van der Waals surface area contributed by atoms with Crippen molar-refractivity contribution < 1.29 is 0 Å². The Morgan fingerprint density at radius 1 is 1.44 bits per heavy atom. The van der Waals surface area contributed by atoms with Crippen LogP contribution in [0.3, 0.4) is 0 Å². The third kappa shape index (κ3) is 2.70. The second kappa shape index (κ2) is 5.08. The van der Waals surface area contributed by atoms with Gasteiger partial charge in [-0.25, -0.2) is 4.98 Å². The Bertz CT molecular complexity index is 457. The molecule has 1 atom stereocenters. The number of rotatable bonds is 4. The van der Waals surface area contributed by atoms with Gasteiger partial charge in [0.2, 0.25) is 0 Å². The Labute approximate surface area is 104 Å². The quantitative estimate of drug-likeness (QED) is 0.905. The maximum absolute atomic E-state index is 5.74. The summed E-state index contributed by atoms with van der Waals surface area (Å²) in [7, 11) is 0. The summed E-state index contributed by atoms with van der Waals surface area (Å²) in [6.07, 6.45) is 1.99. The van der Waals surface area contributed by atoms with Gasteiger partial charge in [0.15, 0.2) is 0 Å². The molecule has 0 saturated heterocycles. The fraction of sp³-hybridized carbons (Fsp3) is 0.417. The third-order valence-electron chi connectivity index (χ3n) is 2.46. The van der Waals surface area contributed by atoms with E-state index in [1.54, 1.807) is 22.7 Å². The molecule has 0 saturated carbocycles. The molecule has 1 unspecified atom stereocenters. The molecular formula is C12H16N2S2. The van der Waals surface area contributed by atoms with Gasteiger partial charge in [0, 0.05) is 11.4 Å². The molecule has 86 valence electrons. The van der Waals surface area contributed by atoms with E-state index in [4.69, 9.17) is 5.73 Å². The van der Waals surface area contributed by atoms with Gasteiger partial charge < -0.3 is 5.73 Å². The van der Waals surface area contributed by atoms with E-state index >= 15 is 0 Å². The Balaban J connectivity index is 2.11. The molecule has 0 fully saturated rings. The second-order valence-corrected chi connectivity index (χ2v) is 5.87. The normalized spacial score (nSPS) is 12.9. The number of hydrogen-bond acceptors (Lipinski definition) is 4. The average molecular weight is 252 g/mol. The zero-order valence-electron chi connectivity index (χ0n) is 9.56. The van der Waals surface area contributed by atoms with E-state index in [1.165, 1.54) is 16.1 Å². The van der Waals surface area contributed by atoms with Crippen LogP contribution in [-0.2, 0) is 6.42 Å². The van der Waals surface area contributed by atoms with Crippen LogP contribution >= 0.6 is 22.7 Å². The first-order valence-corrected chi connectivity index (χ1v) is 7.17. The van der Waals surface area contributed by atoms with Crippen molar-refractivity contribution in [3.8, 4) is 9.88 Å². The van der Waals surface area contributed by atoms with E-state index < -0.39 is 0 Å². The molecule has 2 nitrogen and oxygen atoms in total. The summed E-state index contributed by atoms with van der Waals surface area (Å²) in [6.45, 7) is 4.17. The van der Waals surface area contributed by atoms with Gasteiger partial charge in [0.1, 0.15) is 5.01 Å². The van der Waals surface area contributed by atoms with E-state index in [2.05, 4.69) is 28.7 Å². The Morgan fingerprint density at radius 2 is 2.25 bits per heavy atom. The molecule has 16 heavy (non-hydrogen) atoms. The predicted molar refractivity (Wildman–Crippen MR) is 72.1 cm³/mol. The topological polar surface area (TPSA) is 38.9 Å². The predicted octanol–water partition coefficient (Wildman–Crippen LogP) is 3.46. The lowest BCUT2D eigenvalue weighted by molar-refractivity contribution is 0.660. The molecule has 0 amide bonds. The largest absolute Gasteiger partial charge is 0.328 e. The van der Waals surface area contributed by atoms with Crippen LogP contribution in [0, 0.1) is 6.92 Å². The fourth-order valence-corrected chi connectivity index (χ4v) is 3.45. The maximum atomic E-state index is 5.74. The summed E-state index contributed by atoms with van der Waals surface area (Å²) in [4.78, 5) is 5.96. The van der Waals surface area contributed by atoms with Crippen molar-refractivity contribution in [1.82, 2.24) is 4.98 Å². The number of thiazole rings is 1. The first-order valence-electron chi connectivity index (χ1n) is 5.41. The summed E-state index contributed by atoms with van der Waals surface area (Å²) >= 11 is 3.50. The Hall–Kier alpha value is -0.710. The zero-order chi connectivity index (χ0) is 11.5. The number of aryl methyl sites for hydroxylation is 2. The van der Waals surface area contributed by atoms with Gasteiger partial charge in [-0.15, -0.1) is 22.7 Å². The molecule has 0 aromatic carbocycles. The average Bonchev–Trinajstić information content (AvgIpc) is 2.83. The SMILES string of the molecule is Cc1ccsc1-c1nc(CCC(C)N)cs1. The summed E-state index contributed by atoms with van der Waals surface area (Å²) in [5.41, 5.74) is 8.23. The van der Waals surface area contributed by atoms with Crippen LogP contribution < -0.4 is 5.73 Å². The molecule has 0 spiro atoms. The first-order chi connectivity index (χ1) is 7.66. The second-order valence-electron chi connectivity index (χ2n) is 4.09. The van der Waals surface area contributed by atoms with E-state index in [1.807, 2.05) is 6.92 Å². The molecular weight excluding hydrogens is 236 g/mol. The summed E-state index contributed by atoms with van der Waals surface area (Å²) in [5, 5.41) is 5.41. The summed E-state index contributed by atoms with van der Waals surface area (Å²) in [5.74, 6) is 0. The molecule has 0 aliphatic heterocycles. The van der Waals surface area contributed by atoms with E-state index in [-0.39, 0.29) is 6.04 Å². The van der Waals surface area contributed by atoms with Crippen molar-refractivity contribution in [3.63, 3.8) is 0 Å². The van der Waals surface area contributed by atoms with Crippen LogP contribution in [0.15, 0.2) is 16.8 Å². The number of nitrogens with two attached hydrogens (primary N) is 1. The number of nitrogens with zero attached hydrogens (tertiary/aromatic N) is 1. The van der Waals surface area contributed by atoms with Crippen LogP contribution in [0.4, 0.5) is 0 Å². The lowest BCUT2D eigenvalue weighted by Gasteiger charge is -2.01. The third-order valence-corrected chi connectivity index (χ3v) is 4.52. The van der Waals surface area contributed by atoms with Gasteiger partial charge in [-0.2, -0.15) is 0 Å². The number of aromatic nitrogens is 1. The molecule has 4 heteroatoms. The highest BCUT2D eigenvalue weighted by Crippen LogP contribution is 2.31. The lowest BCUT2D eigenvalue weighted by atomic mass is 10.2. The van der Waals surface area contributed by atoms with Crippen LogP contribution in [0.2, 0.25) is 0 Å². The van der Waals surface area contributed by atoms with Crippen molar-refractivity contribution in [2.75, 3.05) is 0 Å². The monoisotopic (exact) mass is 252 g/mol. The van der Waals surface area contributed by atoms with E-state index in [0.29, 0.717) is 0 Å². The number of hydrogen-bond donors (Lipinski definition) is 1. The molecule has 0 aliphatic carbocycles. The molecule has 2 aromatic rings. The highest BCUT2D eigenvalue weighted by molar-refractivity contribution is 7.20. The summed E-state index contributed by atoms with van der Waals surface area (Å²) in [6, 6.07) is 2.40. The fourth-order valence-electron chi connectivity index (χ4n) is 1.49. The van der Waals surface area contributed by atoms with Gasteiger partial charge in [-0.05, 0) is 43.7 Å². The standard InChI is InChI=1S/C12H16N2S2/c1-8-5-6-15-11(8)12-14-10(7-16-12)4-3-9(2)13/h5-7,9H,3-4,13H2,1-2H3. The molecule has 0 bridgehead atoms. The van der Waals surface area contributed by atoms with Crippen LogP contribution in [0.1, 0.15) is 24.6 Å². The Kier molecular flexibility index (Phi) is 3.74. The molecule has 2 N–H and O–H groups in total.